The van der Waals surface area contributed by atoms with Gasteiger partial charge in [0.15, 0.2) is 0 Å². The van der Waals surface area contributed by atoms with Gasteiger partial charge in [0, 0.05) is 51.5 Å². The van der Waals surface area contributed by atoms with Crippen LogP contribution >= 0.6 is 22.9 Å². The van der Waals surface area contributed by atoms with Crippen LogP contribution in [0.2, 0.25) is 5.02 Å². The molecular weight excluding hydrogens is 470 g/mol. The maximum Gasteiger partial charge on any atom is 0.254 e. The van der Waals surface area contributed by atoms with Crippen molar-refractivity contribution < 1.29 is 18.4 Å². The Hall–Kier alpha value is -2.39. The predicted octanol–water partition coefficient (Wildman–Crippen LogP) is 5.00. The number of aromatic nitrogens is 2. The second-order valence-corrected chi connectivity index (χ2v) is 10.1. The highest BCUT2D eigenvalue weighted by Gasteiger charge is 2.38. The number of rotatable bonds is 4. The normalized spacial score (nSPS) is 18.7. The molecule has 0 spiro atoms. The number of hydrogen-bond donors (Lipinski definition) is 0. The van der Waals surface area contributed by atoms with Gasteiger partial charge in [-0.1, -0.05) is 35.1 Å². The average Bonchev–Trinajstić information content (AvgIpc) is 3.28. The maximum atomic E-state index is 13.4. The minimum atomic E-state index is -2.63. The zero-order valence-electron chi connectivity index (χ0n) is 18.5. The number of benzene rings is 1. The topological polar surface area (TPSA) is 66.4 Å². The van der Waals surface area contributed by atoms with E-state index in [0.717, 1.165) is 16.1 Å². The highest BCUT2D eigenvalue weighted by atomic mass is 35.5. The molecule has 1 fully saturated rings. The van der Waals surface area contributed by atoms with Gasteiger partial charge in [-0.3, -0.25) is 9.59 Å². The number of nitrogens with zero attached hydrogens (tertiary/aromatic N) is 4. The molecule has 1 aromatic heterocycles. The molecule has 0 unspecified atom stereocenters. The summed E-state index contributed by atoms with van der Waals surface area (Å²) in [6, 6.07) is 5.20. The summed E-state index contributed by atoms with van der Waals surface area (Å²) >= 11 is 7.75. The fourth-order valence-electron chi connectivity index (χ4n) is 4.14. The van der Waals surface area contributed by atoms with Crippen LogP contribution in [0.15, 0.2) is 24.3 Å². The lowest BCUT2D eigenvalue weighted by atomic mass is 9.85. The van der Waals surface area contributed by atoms with Gasteiger partial charge in [0.2, 0.25) is 11.8 Å². The molecule has 1 saturated carbocycles. The van der Waals surface area contributed by atoms with E-state index in [-0.39, 0.29) is 43.4 Å². The zero-order valence-corrected chi connectivity index (χ0v) is 20.1. The van der Waals surface area contributed by atoms with Crippen LogP contribution in [0.5, 0.6) is 0 Å². The molecule has 176 valence electrons. The lowest BCUT2D eigenvalue weighted by molar-refractivity contribution is -0.139. The molecule has 2 amide bonds. The Labute approximate surface area is 200 Å². The maximum absolute atomic E-state index is 13.4. The van der Waals surface area contributed by atoms with Gasteiger partial charge < -0.3 is 9.80 Å². The Kier molecular flexibility index (Phi) is 6.81. The van der Waals surface area contributed by atoms with E-state index in [1.54, 1.807) is 37.2 Å². The Morgan fingerprint density at radius 1 is 1.18 bits per heavy atom. The molecule has 2 aliphatic rings. The summed E-state index contributed by atoms with van der Waals surface area (Å²) in [5.41, 5.74) is 2.22. The molecule has 0 bridgehead atoms. The summed E-state index contributed by atoms with van der Waals surface area (Å²) in [4.78, 5) is 28.1. The van der Waals surface area contributed by atoms with Crippen LogP contribution in [-0.4, -0.2) is 64.9 Å². The molecule has 2 heterocycles. The summed E-state index contributed by atoms with van der Waals surface area (Å²) in [6.07, 6.45) is 2.69. The lowest BCUT2D eigenvalue weighted by Gasteiger charge is -2.33. The van der Waals surface area contributed by atoms with E-state index >= 15 is 0 Å². The highest BCUT2D eigenvalue weighted by Crippen LogP contribution is 2.38. The molecule has 6 nitrogen and oxygen atoms in total. The lowest BCUT2D eigenvalue weighted by Crippen LogP contribution is -2.41. The second kappa shape index (κ2) is 9.46. The SMILES string of the molecule is CN(C)C(=O)c1ccc(-c2nnc(C3=CCN(C(=O)C4CCC(F)(F)CC4)CC3)s2)cc1Cl. The van der Waals surface area contributed by atoms with Crippen LogP contribution in [0, 0.1) is 5.92 Å². The third-order valence-corrected chi connectivity index (χ3v) is 7.50. The van der Waals surface area contributed by atoms with Crippen molar-refractivity contribution in [1.82, 2.24) is 20.0 Å². The Balaban J connectivity index is 1.41. The molecule has 1 aromatic carbocycles. The first-order valence-electron chi connectivity index (χ1n) is 10.9. The summed E-state index contributed by atoms with van der Waals surface area (Å²) in [6.45, 7) is 0.989. The molecule has 0 atom stereocenters. The number of amides is 2. The van der Waals surface area contributed by atoms with Crippen molar-refractivity contribution in [3.05, 3.63) is 39.9 Å². The quantitative estimate of drug-likeness (QED) is 0.599. The van der Waals surface area contributed by atoms with Crippen LogP contribution in [0.4, 0.5) is 8.78 Å². The molecule has 1 aliphatic heterocycles. The van der Waals surface area contributed by atoms with Crippen molar-refractivity contribution >= 4 is 40.3 Å². The molecule has 4 rings (SSSR count). The van der Waals surface area contributed by atoms with Crippen molar-refractivity contribution in [2.24, 2.45) is 5.92 Å². The predicted molar refractivity (Wildman–Crippen MR) is 124 cm³/mol. The van der Waals surface area contributed by atoms with E-state index < -0.39 is 5.92 Å². The van der Waals surface area contributed by atoms with Gasteiger partial charge in [-0.05, 0) is 37.0 Å². The van der Waals surface area contributed by atoms with E-state index in [2.05, 4.69) is 10.2 Å². The molecule has 2 aromatic rings. The van der Waals surface area contributed by atoms with Gasteiger partial charge in [-0.2, -0.15) is 0 Å². The zero-order chi connectivity index (χ0) is 23.8. The largest absolute Gasteiger partial charge is 0.345 e. The van der Waals surface area contributed by atoms with E-state index in [1.165, 1.54) is 16.2 Å². The summed E-state index contributed by atoms with van der Waals surface area (Å²) < 4.78 is 26.8. The van der Waals surface area contributed by atoms with Crippen LogP contribution in [0.3, 0.4) is 0 Å². The number of alkyl halides is 2. The third kappa shape index (κ3) is 5.24. The summed E-state index contributed by atoms with van der Waals surface area (Å²) in [7, 11) is 3.34. The van der Waals surface area contributed by atoms with Crippen molar-refractivity contribution in [3.63, 3.8) is 0 Å². The Bertz CT molecular complexity index is 1090. The van der Waals surface area contributed by atoms with Crippen LogP contribution in [0.1, 0.15) is 47.5 Å². The first-order valence-corrected chi connectivity index (χ1v) is 12.1. The van der Waals surface area contributed by atoms with E-state index in [1.807, 2.05) is 6.08 Å². The van der Waals surface area contributed by atoms with Crippen molar-refractivity contribution in [1.29, 1.82) is 0 Å². The number of halogens is 3. The van der Waals surface area contributed by atoms with E-state index in [9.17, 15) is 18.4 Å². The van der Waals surface area contributed by atoms with Crippen LogP contribution in [-0.2, 0) is 4.79 Å². The summed E-state index contributed by atoms with van der Waals surface area (Å²) in [5, 5.41) is 10.4. The Morgan fingerprint density at radius 2 is 1.88 bits per heavy atom. The number of carbonyl (C=O) groups is 2. The van der Waals surface area contributed by atoms with Crippen LogP contribution in [0.25, 0.3) is 16.1 Å². The smallest absolute Gasteiger partial charge is 0.254 e. The number of carbonyl (C=O) groups excluding carboxylic acids is 2. The standard InChI is InChI=1S/C23H25ClF2N4O2S/c1-29(2)22(32)17-4-3-16(13-18(17)24)20-28-27-19(33-20)14-7-11-30(12-8-14)21(31)15-5-9-23(25,26)10-6-15/h3-4,7,13,15H,5-6,8-12H2,1-2H3. The minimum Gasteiger partial charge on any atom is -0.345 e. The van der Waals surface area contributed by atoms with Gasteiger partial charge >= 0.3 is 0 Å². The van der Waals surface area contributed by atoms with Gasteiger partial charge in [-0.25, -0.2) is 8.78 Å². The first-order chi connectivity index (χ1) is 15.6. The molecule has 33 heavy (non-hydrogen) atoms. The Morgan fingerprint density at radius 3 is 2.48 bits per heavy atom. The molecule has 0 N–H and O–H groups in total. The fourth-order valence-corrected chi connectivity index (χ4v) is 5.31. The molecule has 0 radical (unpaired) electrons. The van der Waals surface area contributed by atoms with Crippen LogP contribution < -0.4 is 0 Å². The third-order valence-electron chi connectivity index (χ3n) is 6.14. The molecular formula is C23H25ClF2N4O2S. The van der Waals surface area contributed by atoms with Gasteiger partial charge in [0.1, 0.15) is 10.0 Å². The average molecular weight is 495 g/mol. The minimum absolute atomic E-state index is 0.0271. The van der Waals surface area contributed by atoms with E-state index in [4.69, 9.17) is 11.6 Å². The van der Waals surface area contributed by atoms with E-state index in [0.29, 0.717) is 35.1 Å². The first kappa shape index (κ1) is 23.8. The molecule has 0 saturated heterocycles. The molecule has 10 heteroatoms. The van der Waals surface area contributed by atoms with Crippen molar-refractivity contribution in [2.75, 3.05) is 27.2 Å². The monoisotopic (exact) mass is 494 g/mol. The van der Waals surface area contributed by atoms with Gasteiger partial charge in [0.05, 0.1) is 10.6 Å². The van der Waals surface area contributed by atoms with Gasteiger partial charge in [0.25, 0.3) is 5.91 Å². The summed E-state index contributed by atoms with van der Waals surface area (Å²) in [5.74, 6) is -3.13. The van der Waals surface area contributed by atoms with Gasteiger partial charge in [-0.15, -0.1) is 10.2 Å². The second-order valence-electron chi connectivity index (χ2n) is 8.70. The number of hydrogen-bond acceptors (Lipinski definition) is 5. The highest BCUT2D eigenvalue weighted by molar-refractivity contribution is 7.15. The molecule has 1 aliphatic carbocycles. The van der Waals surface area contributed by atoms with Crippen molar-refractivity contribution in [2.45, 2.75) is 38.0 Å². The fraction of sp³-hybridized carbons (Fsp3) is 0.478. The van der Waals surface area contributed by atoms with Crippen molar-refractivity contribution in [3.8, 4) is 10.6 Å².